The standard InChI is InChI=1S/C18H23N3O2/c1-13(23-2)18(22)20-16-9-6-10-17-15(16)11-19-21(17)12-14-7-4-3-5-8-14/h3-5,7-8,11,13,16H,6,9-10,12H2,1-2H3,(H,20,22)/t13-,16+/m1/s1. The highest BCUT2D eigenvalue weighted by molar-refractivity contribution is 5.80. The molecule has 2 atom stereocenters. The highest BCUT2D eigenvalue weighted by atomic mass is 16.5. The third kappa shape index (κ3) is 3.45. The molecule has 1 aliphatic carbocycles. The third-order valence-electron chi connectivity index (χ3n) is 4.48. The molecule has 5 nitrogen and oxygen atoms in total. The lowest BCUT2D eigenvalue weighted by Crippen LogP contribution is -2.37. The van der Waals surface area contributed by atoms with Crippen molar-refractivity contribution in [3.8, 4) is 0 Å². The number of carbonyl (C=O) groups is 1. The number of rotatable bonds is 5. The van der Waals surface area contributed by atoms with E-state index in [1.54, 1.807) is 14.0 Å². The van der Waals surface area contributed by atoms with E-state index in [1.807, 2.05) is 24.4 Å². The molecule has 0 saturated carbocycles. The van der Waals surface area contributed by atoms with Gasteiger partial charge in [0.1, 0.15) is 6.10 Å². The zero-order chi connectivity index (χ0) is 16.2. The monoisotopic (exact) mass is 313 g/mol. The van der Waals surface area contributed by atoms with Crippen molar-refractivity contribution in [2.24, 2.45) is 0 Å². The molecule has 23 heavy (non-hydrogen) atoms. The number of amides is 1. The molecule has 2 aromatic rings. The summed E-state index contributed by atoms with van der Waals surface area (Å²) in [6, 6.07) is 10.4. The second-order valence-corrected chi connectivity index (χ2v) is 6.02. The molecule has 1 aliphatic rings. The van der Waals surface area contributed by atoms with Gasteiger partial charge in [-0.25, -0.2) is 0 Å². The summed E-state index contributed by atoms with van der Waals surface area (Å²) in [4.78, 5) is 12.1. The summed E-state index contributed by atoms with van der Waals surface area (Å²) in [5.74, 6) is -0.0684. The van der Waals surface area contributed by atoms with E-state index < -0.39 is 6.10 Å². The van der Waals surface area contributed by atoms with E-state index in [0.29, 0.717) is 0 Å². The first-order valence-corrected chi connectivity index (χ1v) is 8.10. The van der Waals surface area contributed by atoms with Crippen LogP contribution in [0.1, 0.15) is 42.6 Å². The number of ether oxygens (including phenoxy) is 1. The molecule has 0 saturated heterocycles. The van der Waals surface area contributed by atoms with Crippen LogP contribution in [-0.2, 0) is 22.5 Å². The smallest absolute Gasteiger partial charge is 0.249 e. The number of nitrogens with one attached hydrogen (secondary N) is 1. The van der Waals surface area contributed by atoms with E-state index >= 15 is 0 Å². The molecule has 1 amide bonds. The lowest BCUT2D eigenvalue weighted by Gasteiger charge is -2.25. The molecule has 0 fully saturated rings. The Balaban J connectivity index is 1.77. The van der Waals surface area contributed by atoms with Gasteiger partial charge in [0.15, 0.2) is 0 Å². The van der Waals surface area contributed by atoms with Gasteiger partial charge in [0.2, 0.25) is 5.91 Å². The van der Waals surface area contributed by atoms with Crippen molar-refractivity contribution in [2.45, 2.75) is 44.9 Å². The fourth-order valence-electron chi connectivity index (χ4n) is 3.06. The number of hydrogen-bond acceptors (Lipinski definition) is 3. The number of aromatic nitrogens is 2. The summed E-state index contributed by atoms with van der Waals surface area (Å²) in [5, 5.41) is 7.64. The summed E-state index contributed by atoms with van der Waals surface area (Å²) < 4.78 is 7.15. The number of methoxy groups -OCH3 is 1. The van der Waals surface area contributed by atoms with Crippen molar-refractivity contribution in [3.63, 3.8) is 0 Å². The predicted octanol–water partition coefficient (Wildman–Crippen LogP) is 2.46. The van der Waals surface area contributed by atoms with Crippen molar-refractivity contribution in [1.29, 1.82) is 0 Å². The van der Waals surface area contributed by atoms with Crippen LogP contribution in [0, 0.1) is 0 Å². The zero-order valence-electron chi connectivity index (χ0n) is 13.7. The largest absolute Gasteiger partial charge is 0.372 e. The normalized spacial score (nSPS) is 18.3. The molecule has 0 aliphatic heterocycles. The van der Waals surface area contributed by atoms with Crippen molar-refractivity contribution < 1.29 is 9.53 Å². The van der Waals surface area contributed by atoms with Gasteiger partial charge in [0.25, 0.3) is 0 Å². The topological polar surface area (TPSA) is 56.1 Å². The average molecular weight is 313 g/mol. The molecule has 1 aromatic carbocycles. The Hall–Kier alpha value is -2.14. The number of hydrogen-bond donors (Lipinski definition) is 1. The van der Waals surface area contributed by atoms with Gasteiger partial charge in [-0.15, -0.1) is 0 Å². The Morgan fingerprint density at radius 1 is 1.43 bits per heavy atom. The van der Waals surface area contributed by atoms with Crippen molar-refractivity contribution in [3.05, 3.63) is 53.3 Å². The van der Waals surface area contributed by atoms with Gasteiger partial charge in [-0.2, -0.15) is 5.10 Å². The second-order valence-electron chi connectivity index (χ2n) is 6.02. The molecule has 0 radical (unpaired) electrons. The van der Waals surface area contributed by atoms with E-state index in [4.69, 9.17) is 4.74 Å². The van der Waals surface area contributed by atoms with Gasteiger partial charge in [0.05, 0.1) is 18.8 Å². The Morgan fingerprint density at radius 3 is 2.96 bits per heavy atom. The van der Waals surface area contributed by atoms with Crippen LogP contribution in [0.25, 0.3) is 0 Å². The minimum atomic E-state index is -0.431. The van der Waals surface area contributed by atoms with Gasteiger partial charge in [0, 0.05) is 18.4 Å². The summed E-state index contributed by atoms with van der Waals surface area (Å²) in [5.41, 5.74) is 3.61. The van der Waals surface area contributed by atoms with Crippen LogP contribution in [0.2, 0.25) is 0 Å². The maximum Gasteiger partial charge on any atom is 0.249 e. The fraction of sp³-hybridized carbons (Fsp3) is 0.444. The first kappa shape index (κ1) is 15.7. The van der Waals surface area contributed by atoms with Crippen LogP contribution in [0.4, 0.5) is 0 Å². The minimum Gasteiger partial charge on any atom is -0.372 e. The van der Waals surface area contributed by atoms with Gasteiger partial charge in [-0.3, -0.25) is 9.48 Å². The molecule has 0 spiro atoms. The summed E-state index contributed by atoms with van der Waals surface area (Å²) >= 11 is 0. The molecule has 0 unspecified atom stereocenters. The first-order valence-electron chi connectivity index (χ1n) is 8.10. The second kappa shape index (κ2) is 6.96. The van der Waals surface area contributed by atoms with E-state index in [1.165, 1.54) is 11.3 Å². The third-order valence-corrected chi connectivity index (χ3v) is 4.48. The lowest BCUT2D eigenvalue weighted by atomic mass is 9.92. The highest BCUT2D eigenvalue weighted by Crippen LogP contribution is 2.30. The van der Waals surface area contributed by atoms with Crippen LogP contribution in [0.15, 0.2) is 36.5 Å². The van der Waals surface area contributed by atoms with Crippen LogP contribution in [-0.4, -0.2) is 28.9 Å². The molecular weight excluding hydrogens is 290 g/mol. The molecule has 0 bridgehead atoms. The molecule has 1 heterocycles. The maximum absolute atomic E-state index is 12.1. The van der Waals surface area contributed by atoms with Crippen LogP contribution in [0.5, 0.6) is 0 Å². The number of benzene rings is 1. The quantitative estimate of drug-likeness (QED) is 0.922. The molecule has 1 N–H and O–H groups in total. The van der Waals surface area contributed by atoms with E-state index in [0.717, 1.165) is 31.4 Å². The Morgan fingerprint density at radius 2 is 2.22 bits per heavy atom. The Kier molecular flexibility index (Phi) is 4.76. The maximum atomic E-state index is 12.1. The summed E-state index contributed by atoms with van der Waals surface area (Å²) in [6.45, 7) is 2.53. The summed E-state index contributed by atoms with van der Waals surface area (Å²) in [6.07, 6.45) is 4.49. The van der Waals surface area contributed by atoms with Crippen molar-refractivity contribution >= 4 is 5.91 Å². The molecule has 5 heteroatoms. The van der Waals surface area contributed by atoms with Gasteiger partial charge >= 0.3 is 0 Å². The number of nitrogens with zero attached hydrogens (tertiary/aromatic N) is 2. The summed E-state index contributed by atoms with van der Waals surface area (Å²) in [7, 11) is 1.55. The molecule has 1 aromatic heterocycles. The van der Waals surface area contributed by atoms with E-state index in [2.05, 4.69) is 27.2 Å². The number of carbonyl (C=O) groups excluding carboxylic acids is 1. The van der Waals surface area contributed by atoms with E-state index in [9.17, 15) is 4.79 Å². The minimum absolute atomic E-state index is 0.0355. The molecule has 3 rings (SSSR count). The Bertz CT molecular complexity index is 666. The lowest BCUT2D eigenvalue weighted by molar-refractivity contribution is -0.130. The molecule has 122 valence electrons. The highest BCUT2D eigenvalue weighted by Gasteiger charge is 2.26. The number of fused-ring (bicyclic) bond motifs is 1. The van der Waals surface area contributed by atoms with Gasteiger partial charge < -0.3 is 10.1 Å². The zero-order valence-corrected chi connectivity index (χ0v) is 13.7. The van der Waals surface area contributed by atoms with Crippen molar-refractivity contribution in [2.75, 3.05) is 7.11 Å². The fourth-order valence-corrected chi connectivity index (χ4v) is 3.06. The van der Waals surface area contributed by atoms with Crippen LogP contribution in [0.3, 0.4) is 0 Å². The molecular formula is C18H23N3O2. The van der Waals surface area contributed by atoms with E-state index in [-0.39, 0.29) is 11.9 Å². The van der Waals surface area contributed by atoms with Crippen LogP contribution < -0.4 is 5.32 Å². The van der Waals surface area contributed by atoms with Gasteiger partial charge in [-0.1, -0.05) is 30.3 Å². The predicted molar refractivity (Wildman–Crippen MR) is 88.1 cm³/mol. The van der Waals surface area contributed by atoms with Gasteiger partial charge in [-0.05, 0) is 31.7 Å². The van der Waals surface area contributed by atoms with Crippen molar-refractivity contribution in [1.82, 2.24) is 15.1 Å². The SMILES string of the molecule is CO[C@H](C)C(=O)N[C@H]1CCCc2c1cnn2Cc1ccccc1. The van der Waals surface area contributed by atoms with Crippen LogP contribution >= 0.6 is 0 Å². The average Bonchev–Trinajstić information content (AvgIpc) is 2.99. The first-order chi connectivity index (χ1) is 11.2. The Labute approximate surface area is 136 Å².